The molecule has 5 rings (SSSR count). The number of thiocarbonyl (C=S) groups is 1. The number of furan rings is 1. The molecule has 34 heavy (non-hydrogen) atoms. The first-order valence-electron chi connectivity index (χ1n) is 10.8. The molecule has 0 bridgehead atoms. The van der Waals surface area contributed by atoms with Gasteiger partial charge in [-0.1, -0.05) is 29.3 Å². The van der Waals surface area contributed by atoms with Crippen LogP contribution in [-0.2, 0) is 0 Å². The summed E-state index contributed by atoms with van der Waals surface area (Å²) in [6, 6.07) is 22.6. The van der Waals surface area contributed by atoms with Crippen molar-refractivity contribution < 1.29 is 9.15 Å². The van der Waals surface area contributed by atoms with E-state index in [2.05, 4.69) is 15.2 Å². The highest BCUT2D eigenvalue weighted by molar-refractivity contribution is 7.80. The Balaban J connectivity index is 1.56. The SMILES string of the molecule is CCOc1ccc(N2C(=S)N[C@H](c3ccccn3)[C@@H]2c2ccc(-c3ccc(Cl)c(Cl)c3)o2)cc1. The standard InChI is InChI=1S/C26H21Cl2N3O2S/c1-2-32-18-9-7-17(8-10-18)31-25(24(30-26(31)34)21-5-3-4-14-29-21)23-13-12-22(33-23)16-6-11-19(27)20(28)15-16/h3-15,24-25H,2H2,1H3,(H,30,34)/t24-,25+/m1/s1. The molecule has 0 radical (unpaired) electrons. The first-order valence-corrected chi connectivity index (χ1v) is 12.0. The van der Waals surface area contributed by atoms with Crippen molar-refractivity contribution in [3.8, 4) is 17.1 Å². The van der Waals surface area contributed by atoms with E-state index >= 15 is 0 Å². The number of halogens is 2. The summed E-state index contributed by atoms with van der Waals surface area (Å²) in [5, 5.41) is 5.01. The second kappa shape index (κ2) is 9.66. The molecule has 2 atom stereocenters. The number of benzene rings is 2. The molecule has 2 aromatic heterocycles. The van der Waals surface area contributed by atoms with E-state index in [0.717, 1.165) is 28.5 Å². The predicted octanol–water partition coefficient (Wildman–Crippen LogP) is 7.22. The molecule has 2 aromatic carbocycles. The summed E-state index contributed by atoms with van der Waals surface area (Å²) in [6.07, 6.45) is 1.78. The van der Waals surface area contributed by atoms with E-state index in [1.165, 1.54) is 0 Å². The van der Waals surface area contributed by atoms with Gasteiger partial charge in [-0.05, 0) is 85.9 Å². The molecule has 1 aliphatic rings. The van der Waals surface area contributed by atoms with E-state index in [9.17, 15) is 0 Å². The van der Waals surface area contributed by atoms with Crippen molar-refractivity contribution in [1.82, 2.24) is 10.3 Å². The van der Waals surface area contributed by atoms with Gasteiger partial charge in [0.15, 0.2) is 5.11 Å². The first kappa shape index (κ1) is 22.7. The second-order valence-corrected chi connectivity index (χ2v) is 8.96. The Morgan fingerprint density at radius 3 is 2.56 bits per heavy atom. The van der Waals surface area contributed by atoms with Gasteiger partial charge in [0.1, 0.15) is 23.3 Å². The predicted molar refractivity (Wildman–Crippen MR) is 140 cm³/mol. The fraction of sp³-hybridized carbons (Fsp3) is 0.154. The van der Waals surface area contributed by atoms with Gasteiger partial charge in [-0.2, -0.15) is 0 Å². The zero-order valence-corrected chi connectivity index (χ0v) is 20.6. The summed E-state index contributed by atoms with van der Waals surface area (Å²) in [6.45, 7) is 2.57. The van der Waals surface area contributed by atoms with E-state index < -0.39 is 0 Å². The van der Waals surface area contributed by atoms with Gasteiger partial charge in [0.05, 0.1) is 28.4 Å². The summed E-state index contributed by atoms with van der Waals surface area (Å²) in [4.78, 5) is 6.64. The van der Waals surface area contributed by atoms with Crippen LogP contribution < -0.4 is 15.0 Å². The third-order valence-corrected chi connectivity index (χ3v) is 6.70. The molecule has 172 valence electrons. The van der Waals surface area contributed by atoms with Gasteiger partial charge in [-0.3, -0.25) is 4.98 Å². The van der Waals surface area contributed by atoms with E-state index in [1.807, 2.05) is 67.6 Å². The first-order chi connectivity index (χ1) is 16.5. The minimum absolute atomic E-state index is 0.201. The van der Waals surface area contributed by atoms with Crippen molar-refractivity contribution in [3.05, 3.63) is 100 Å². The normalized spacial score (nSPS) is 17.6. The van der Waals surface area contributed by atoms with Crippen LogP contribution in [0.5, 0.6) is 5.75 Å². The minimum atomic E-state index is -0.253. The highest BCUT2D eigenvalue weighted by atomic mass is 35.5. The van der Waals surface area contributed by atoms with Gasteiger partial charge >= 0.3 is 0 Å². The molecule has 0 amide bonds. The van der Waals surface area contributed by atoms with Crippen molar-refractivity contribution in [2.75, 3.05) is 11.5 Å². The summed E-state index contributed by atoms with van der Waals surface area (Å²) >= 11 is 18.1. The largest absolute Gasteiger partial charge is 0.494 e. The number of anilines is 1. The zero-order chi connectivity index (χ0) is 23.7. The van der Waals surface area contributed by atoms with E-state index in [1.54, 1.807) is 18.3 Å². The summed E-state index contributed by atoms with van der Waals surface area (Å²) < 4.78 is 12.0. The Kier molecular flexibility index (Phi) is 6.46. The van der Waals surface area contributed by atoms with Crippen LogP contribution in [0.4, 0.5) is 5.69 Å². The molecule has 1 aliphatic heterocycles. The molecule has 5 nitrogen and oxygen atoms in total. The van der Waals surface area contributed by atoms with Gasteiger partial charge < -0.3 is 19.4 Å². The van der Waals surface area contributed by atoms with Gasteiger partial charge in [0.2, 0.25) is 0 Å². The average Bonchev–Trinajstić information content (AvgIpc) is 3.47. The number of hydrogen-bond acceptors (Lipinski definition) is 4. The number of pyridine rings is 1. The topological polar surface area (TPSA) is 50.5 Å². The number of nitrogens with one attached hydrogen (secondary N) is 1. The van der Waals surface area contributed by atoms with Crippen molar-refractivity contribution in [1.29, 1.82) is 0 Å². The molecule has 0 aliphatic carbocycles. The Bertz CT molecular complexity index is 1310. The fourth-order valence-corrected chi connectivity index (χ4v) is 4.75. The quantitative estimate of drug-likeness (QED) is 0.276. The summed E-state index contributed by atoms with van der Waals surface area (Å²) in [5.74, 6) is 2.25. The van der Waals surface area contributed by atoms with Crippen LogP contribution in [0.1, 0.15) is 30.5 Å². The van der Waals surface area contributed by atoms with Gasteiger partial charge in [-0.15, -0.1) is 0 Å². The van der Waals surface area contributed by atoms with Crippen LogP contribution in [0, 0.1) is 0 Å². The molecule has 4 aromatic rings. The number of aromatic nitrogens is 1. The minimum Gasteiger partial charge on any atom is -0.494 e. The third kappa shape index (κ3) is 4.37. The van der Waals surface area contributed by atoms with Crippen LogP contribution in [0.25, 0.3) is 11.3 Å². The molecule has 0 unspecified atom stereocenters. The Labute approximate surface area is 213 Å². The van der Waals surface area contributed by atoms with Gasteiger partial charge in [0, 0.05) is 17.4 Å². The van der Waals surface area contributed by atoms with Gasteiger partial charge in [-0.25, -0.2) is 0 Å². The monoisotopic (exact) mass is 509 g/mol. The third-order valence-electron chi connectivity index (χ3n) is 5.65. The average molecular weight is 510 g/mol. The second-order valence-electron chi connectivity index (χ2n) is 7.75. The van der Waals surface area contributed by atoms with E-state index in [-0.39, 0.29) is 12.1 Å². The van der Waals surface area contributed by atoms with Crippen LogP contribution in [0.15, 0.2) is 83.4 Å². The van der Waals surface area contributed by atoms with Crippen molar-refractivity contribution in [3.63, 3.8) is 0 Å². The number of nitrogens with zero attached hydrogens (tertiary/aromatic N) is 2. The summed E-state index contributed by atoms with van der Waals surface area (Å²) in [7, 11) is 0. The zero-order valence-electron chi connectivity index (χ0n) is 18.2. The smallest absolute Gasteiger partial charge is 0.174 e. The maximum Gasteiger partial charge on any atom is 0.174 e. The maximum absolute atomic E-state index is 6.37. The van der Waals surface area contributed by atoms with Crippen molar-refractivity contribution in [2.45, 2.75) is 19.0 Å². The molecule has 3 heterocycles. The maximum atomic E-state index is 6.37. The lowest BCUT2D eigenvalue weighted by atomic mass is 10.0. The lowest BCUT2D eigenvalue weighted by molar-refractivity contribution is 0.340. The molecule has 0 saturated carbocycles. The molecule has 1 fully saturated rings. The molecular weight excluding hydrogens is 489 g/mol. The Morgan fingerprint density at radius 1 is 1.03 bits per heavy atom. The van der Waals surface area contributed by atoms with Crippen molar-refractivity contribution >= 4 is 46.2 Å². The highest BCUT2D eigenvalue weighted by Crippen LogP contribution is 2.43. The van der Waals surface area contributed by atoms with Crippen molar-refractivity contribution in [2.24, 2.45) is 0 Å². The summed E-state index contributed by atoms with van der Waals surface area (Å²) in [5.41, 5.74) is 2.64. The van der Waals surface area contributed by atoms with E-state index in [4.69, 9.17) is 44.6 Å². The number of hydrogen-bond donors (Lipinski definition) is 1. The lowest BCUT2D eigenvalue weighted by Gasteiger charge is -2.26. The fourth-order valence-electron chi connectivity index (χ4n) is 4.11. The molecule has 8 heteroatoms. The van der Waals surface area contributed by atoms with Crippen LogP contribution in [-0.4, -0.2) is 16.7 Å². The number of rotatable bonds is 6. The highest BCUT2D eigenvalue weighted by Gasteiger charge is 2.42. The Morgan fingerprint density at radius 2 is 1.85 bits per heavy atom. The molecule has 1 N–H and O–H groups in total. The van der Waals surface area contributed by atoms with Crippen LogP contribution in [0.2, 0.25) is 10.0 Å². The lowest BCUT2D eigenvalue weighted by Crippen LogP contribution is -2.29. The van der Waals surface area contributed by atoms with E-state index in [0.29, 0.717) is 27.5 Å². The van der Waals surface area contributed by atoms with Crippen LogP contribution in [0.3, 0.4) is 0 Å². The molecular formula is C26H21Cl2N3O2S. The van der Waals surface area contributed by atoms with Crippen LogP contribution >= 0.6 is 35.4 Å². The van der Waals surface area contributed by atoms with Gasteiger partial charge in [0.25, 0.3) is 0 Å². The number of ether oxygens (including phenoxy) is 1. The Hall–Kier alpha value is -3.06. The molecule has 0 spiro atoms. The molecule has 1 saturated heterocycles.